The summed E-state index contributed by atoms with van der Waals surface area (Å²) in [6, 6.07) is 3.30. The number of rotatable bonds is 8. The molecule has 0 aromatic carbocycles. The number of likely N-dealkylation sites (tertiary alicyclic amines) is 1. The van der Waals surface area contributed by atoms with Crippen molar-refractivity contribution in [3.05, 3.63) is 28.5 Å². The van der Waals surface area contributed by atoms with Gasteiger partial charge in [-0.25, -0.2) is 9.78 Å². The lowest BCUT2D eigenvalue weighted by Gasteiger charge is -2.33. The van der Waals surface area contributed by atoms with Gasteiger partial charge in [0, 0.05) is 50.0 Å². The number of pyridine rings is 1. The molecule has 2 aromatic rings. The van der Waals surface area contributed by atoms with Crippen LogP contribution < -0.4 is 0 Å². The normalized spacial score (nSPS) is 15.9. The predicted octanol–water partition coefficient (Wildman–Crippen LogP) is 6.69. The second-order valence-electron chi connectivity index (χ2n) is 11.4. The van der Waals surface area contributed by atoms with Gasteiger partial charge in [0.05, 0.1) is 0 Å². The Labute approximate surface area is 208 Å². The van der Waals surface area contributed by atoms with Gasteiger partial charge in [0.25, 0.3) is 0 Å². The Hall–Kier alpha value is -1.38. The van der Waals surface area contributed by atoms with Crippen molar-refractivity contribution < 1.29 is 14.3 Å². The number of ether oxygens (including phenoxy) is 2. The molecule has 0 saturated carbocycles. The highest BCUT2D eigenvalue weighted by Gasteiger charge is 2.27. The summed E-state index contributed by atoms with van der Waals surface area (Å²) in [5.74, 6) is 0.623. The van der Waals surface area contributed by atoms with Crippen LogP contribution in [0.4, 0.5) is 4.79 Å². The molecule has 1 aliphatic rings. The number of carbonyl (C=O) groups excluding carboxylic acids is 1. The van der Waals surface area contributed by atoms with Crippen molar-refractivity contribution in [1.29, 1.82) is 0 Å². The highest BCUT2D eigenvalue weighted by molar-refractivity contribution is 9.10. The van der Waals surface area contributed by atoms with Crippen molar-refractivity contribution in [3.8, 4) is 0 Å². The maximum Gasteiger partial charge on any atom is 0.410 e. The van der Waals surface area contributed by atoms with Gasteiger partial charge in [-0.05, 0) is 86.0 Å². The summed E-state index contributed by atoms with van der Waals surface area (Å²) < 4.78 is 14.7. The summed E-state index contributed by atoms with van der Waals surface area (Å²) in [6.07, 6.45) is 8.00. The smallest absolute Gasteiger partial charge is 0.410 e. The zero-order chi connectivity index (χ0) is 24.2. The van der Waals surface area contributed by atoms with Gasteiger partial charge in [0.2, 0.25) is 0 Å². The Bertz CT molecular complexity index is 941. The molecule has 1 saturated heterocycles. The molecular formula is C25H40BrN3O3Si. The lowest BCUT2D eigenvalue weighted by Crippen LogP contribution is -2.41. The fourth-order valence-electron chi connectivity index (χ4n) is 4.17. The fraction of sp³-hybridized carbons (Fsp3) is 0.680. The number of hydrogen-bond donors (Lipinski definition) is 0. The molecule has 184 valence electrons. The van der Waals surface area contributed by atoms with Crippen LogP contribution in [-0.4, -0.2) is 53.9 Å². The monoisotopic (exact) mass is 537 g/mol. The standard InChI is InChI=1S/C25H40BrN3O3Si/c1-25(2,3)32-24(30)28-13-10-19(11-14-28)7-8-20-9-12-27-23-22(20)21(26)17-29(23)18-31-15-16-33(4,5)6/h9,12,17,19H,7-8,10-11,13-16,18H2,1-6H3. The van der Waals surface area contributed by atoms with Crippen molar-refractivity contribution in [2.45, 2.75) is 84.5 Å². The molecule has 3 rings (SSSR count). The number of nitrogens with zero attached hydrogens (tertiary/aromatic N) is 3. The van der Waals surface area contributed by atoms with E-state index in [4.69, 9.17) is 9.47 Å². The van der Waals surface area contributed by atoms with E-state index in [1.807, 2.05) is 31.9 Å². The summed E-state index contributed by atoms with van der Waals surface area (Å²) in [4.78, 5) is 18.8. The fourth-order valence-corrected chi connectivity index (χ4v) is 5.60. The molecule has 8 heteroatoms. The largest absolute Gasteiger partial charge is 0.444 e. The number of fused-ring (bicyclic) bond motifs is 1. The molecule has 3 heterocycles. The number of aromatic nitrogens is 2. The minimum absolute atomic E-state index is 0.186. The van der Waals surface area contributed by atoms with Crippen molar-refractivity contribution >= 4 is 41.1 Å². The number of halogens is 1. The van der Waals surface area contributed by atoms with E-state index in [0.29, 0.717) is 12.6 Å². The SMILES string of the molecule is CC(C)(C)OC(=O)N1CCC(CCc2ccnc3c2c(Br)cn3COCC[Si](C)(C)C)CC1. The van der Waals surface area contributed by atoms with Crippen LogP contribution in [0, 0.1) is 5.92 Å². The first-order valence-corrected chi connectivity index (χ1v) is 16.6. The average molecular weight is 539 g/mol. The van der Waals surface area contributed by atoms with Crippen LogP contribution in [0.3, 0.4) is 0 Å². The maximum absolute atomic E-state index is 12.3. The second-order valence-corrected chi connectivity index (χ2v) is 17.9. The van der Waals surface area contributed by atoms with E-state index in [1.165, 1.54) is 17.0 Å². The highest BCUT2D eigenvalue weighted by atomic mass is 79.9. The molecule has 0 spiro atoms. The van der Waals surface area contributed by atoms with Gasteiger partial charge in [0.15, 0.2) is 0 Å². The van der Waals surface area contributed by atoms with Crippen molar-refractivity contribution in [1.82, 2.24) is 14.5 Å². The zero-order valence-corrected chi connectivity index (χ0v) is 23.7. The van der Waals surface area contributed by atoms with Crippen LogP contribution >= 0.6 is 15.9 Å². The lowest BCUT2D eigenvalue weighted by molar-refractivity contribution is 0.0181. The quantitative estimate of drug-likeness (QED) is 0.278. The molecule has 0 atom stereocenters. The van der Waals surface area contributed by atoms with Crippen LogP contribution in [0.25, 0.3) is 11.0 Å². The molecule has 1 amide bonds. The summed E-state index contributed by atoms with van der Waals surface area (Å²) >= 11 is 3.76. The number of amides is 1. The van der Waals surface area contributed by atoms with E-state index >= 15 is 0 Å². The van der Waals surface area contributed by atoms with E-state index in [1.54, 1.807) is 0 Å². The van der Waals surface area contributed by atoms with Crippen LogP contribution in [0.5, 0.6) is 0 Å². The van der Waals surface area contributed by atoms with Crippen LogP contribution in [-0.2, 0) is 22.6 Å². The molecule has 6 nitrogen and oxygen atoms in total. The molecule has 0 bridgehead atoms. The number of aryl methyl sites for hydroxylation is 1. The zero-order valence-electron chi connectivity index (χ0n) is 21.1. The highest BCUT2D eigenvalue weighted by Crippen LogP contribution is 2.31. The number of carbonyl (C=O) groups is 1. The first-order valence-electron chi connectivity index (χ1n) is 12.1. The van der Waals surface area contributed by atoms with E-state index in [2.05, 4.69) is 57.4 Å². The molecule has 0 N–H and O–H groups in total. The Morgan fingerprint density at radius 1 is 1.24 bits per heavy atom. The van der Waals surface area contributed by atoms with Crippen molar-refractivity contribution in [2.24, 2.45) is 5.92 Å². The third-order valence-electron chi connectivity index (χ3n) is 6.11. The van der Waals surface area contributed by atoms with Gasteiger partial charge in [0.1, 0.15) is 18.0 Å². The second kappa shape index (κ2) is 10.9. The van der Waals surface area contributed by atoms with Gasteiger partial charge < -0.3 is 18.9 Å². The lowest BCUT2D eigenvalue weighted by atomic mass is 9.90. The van der Waals surface area contributed by atoms with E-state index < -0.39 is 13.7 Å². The molecule has 0 aliphatic carbocycles. The van der Waals surface area contributed by atoms with Crippen molar-refractivity contribution in [3.63, 3.8) is 0 Å². The third kappa shape index (κ3) is 7.82. The molecule has 1 aliphatic heterocycles. The minimum atomic E-state index is -1.09. The van der Waals surface area contributed by atoms with Gasteiger partial charge in [-0.3, -0.25) is 0 Å². The van der Waals surface area contributed by atoms with Crippen LogP contribution in [0.1, 0.15) is 45.6 Å². The van der Waals surface area contributed by atoms with Gasteiger partial charge in [-0.15, -0.1) is 0 Å². The van der Waals surface area contributed by atoms with Crippen LogP contribution in [0.2, 0.25) is 25.7 Å². The van der Waals surface area contributed by atoms with E-state index in [0.717, 1.165) is 55.5 Å². The molecule has 0 radical (unpaired) electrons. The van der Waals surface area contributed by atoms with Crippen LogP contribution in [0.15, 0.2) is 22.9 Å². The first kappa shape index (κ1) is 26.2. The molecular weight excluding hydrogens is 498 g/mol. The average Bonchev–Trinajstić information content (AvgIpc) is 3.04. The Morgan fingerprint density at radius 2 is 1.94 bits per heavy atom. The Kier molecular flexibility index (Phi) is 8.67. The van der Waals surface area contributed by atoms with Gasteiger partial charge in [-0.2, -0.15) is 0 Å². The topological polar surface area (TPSA) is 56.6 Å². The summed E-state index contributed by atoms with van der Waals surface area (Å²) in [5.41, 5.74) is 1.86. The summed E-state index contributed by atoms with van der Waals surface area (Å²) in [5, 5.41) is 1.19. The van der Waals surface area contributed by atoms with Gasteiger partial charge in [-0.1, -0.05) is 19.6 Å². The third-order valence-corrected chi connectivity index (χ3v) is 8.42. The predicted molar refractivity (Wildman–Crippen MR) is 140 cm³/mol. The molecule has 1 fully saturated rings. The van der Waals surface area contributed by atoms with Crippen molar-refractivity contribution in [2.75, 3.05) is 19.7 Å². The Morgan fingerprint density at radius 3 is 2.58 bits per heavy atom. The number of piperidine rings is 1. The van der Waals surface area contributed by atoms with E-state index in [-0.39, 0.29) is 6.09 Å². The molecule has 0 unspecified atom stereocenters. The first-order chi connectivity index (χ1) is 15.4. The Balaban J connectivity index is 1.55. The number of hydrogen-bond acceptors (Lipinski definition) is 4. The van der Waals surface area contributed by atoms with E-state index in [9.17, 15) is 4.79 Å². The molecule has 33 heavy (non-hydrogen) atoms. The minimum Gasteiger partial charge on any atom is -0.444 e. The summed E-state index contributed by atoms with van der Waals surface area (Å²) in [6.45, 7) is 15.7. The molecule has 2 aromatic heterocycles. The maximum atomic E-state index is 12.3. The van der Waals surface area contributed by atoms with Gasteiger partial charge >= 0.3 is 6.09 Å². The summed E-state index contributed by atoms with van der Waals surface area (Å²) in [7, 11) is -1.09.